The molecule has 1 aromatic carbocycles. The Morgan fingerprint density at radius 1 is 1.41 bits per heavy atom. The maximum Gasteiger partial charge on any atom is 0.137 e. The molecule has 1 aromatic heterocycles. The van der Waals surface area contributed by atoms with E-state index in [2.05, 4.69) is 0 Å². The summed E-state index contributed by atoms with van der Waals surface area (Å²) >= 11 is 5.91. The van der Waals surface area contributed by atoms with Crippen molar-refractivity contribution in [3.63, 3.8) is 0 Å². The van der Waals surface area contributed by atoms with Gasteiger partial charge in [-0.3, -0.25) is 0 Å². The van der Waals surface area contributed by atoms with Gasteiger partial charge in [0, 0.05) is 30.4 Å². The zero-order valence-electron chi connectivity index (χ0n) is 9.44. The molecule has 90 valence electrons. The van der Waals surface area contributed by atoms with Gasteiger partial charge < -0.3 is 14.3 Å². The molecule has 1 heterocycles. The van der Waals surface area contributed by atoms with Crippen LogP contribution in [0, 0.1) is 0 Å². The topological polar surface area (TPSA) is 42.6 Å². The molecule has 0 atom stereocenters. The van der Waals surface area contributed by atoms with Gasteiger partial charge in [-0.2, -0.15) is 0 Å². The molecular formula is C13H13ClO3. The second-order valence-electron chi connectivity index (χ2n) is 4.59. The van der Waals surface area contributed by atoms with Gasteiger partial charge in [0.1, 0.15) is 16.9 Å². The Morgan fingerprint density at radius 3 is 2.88 bits per heavy atom. The van der Waals surface area contributed by atoms with E-state index in [9.17, 15) is 5.11 Å². The molecule has 1 aliphatic rings. The molecule has 1 aliphatic carbocycles. The van der Waals surface area contributed by atoms with Crippen LogP contribution in [-0.4, -0.2) is 18.3 Å². The SMILES string of the molecule is COC1CC(O)(c2cc3cc(Cl)ccc3o2)C1. The Labute approximate surface area is 104 Å². The maximum absolute atomic E-state index is 10.3. The first-order valence-corrected chi connectivity index (χ1v) is 5.93. The number of hydrogen-bond acceptors (Lipinski definition) is 3. The van der Waals surface area contributed by atoms with Crippen LogP contribution in [0.4, 0.5) is 0 Å². The van der Waals surface area contributed by atoms with Crippen LogP contribution in [0.25, 0.3) is 11.0 Å². The van der Waals surface area contributed by atoms with E-state index in [1.807, 2.05) is 18.2 Å². The minimum Gasteiger partial charge on any atom is -0.458 e. The molecule has 1 saturated carbocycles. The van der Waals surface area contributed by atoms with Crippen molar-refractivity contribution >= 4 is 22.6 Å². The summed E-state index contributed by atoms with van der Waals surface area (Å²) < 4.78 is 10.8. The predicted molar refractivity (Wildman–Crippen MR) is 65.2 cm³/mol. The van der Waals surface area contributed by atoms with Crippen molar-refractivity contribution in [2.45, 2.75) is 24.5 Å². The third kappa shape index (κ3) is 1.75. The van der Waals surface area contributed by atoms with Gasteiger partial charge >= 0.3 is 0 Å². The molecule has 1 N–H and O–H groups in total. The van der Waals surface area contributed by atoms with Gasteiger partial charge in [0.05, 0.1) is 6.10 Å². The average Bonchev–Trinajstić information content (AvgIpc) is 2.67. The Kier molecular flexibility index (Phi) is 2.43. The minimum atomic E-state index is -0.883. The molecule has 4 heteroatoms. The van der Waals surface area contributed by atoms with E-state index in [-0.39, 0.29) is 6.10 Å². The van der Waals surface area contributed by atoms with E-state index in [4.69, 9.17) is 20.8 Å². The number of benzene rings is 1. The molecule has 3 nitrogen and oxygen atoms in total. The Bertz CT molecular complexity index is 555. The van der Waals surface area contributed by atoms with Gasteiger partial charge in [-0.1, -0.05) is 11.6 Å². The molecule has 0 saturated heterocycles. The normalized spacial score (nSPS) is 28.3. The number of methoxy groups -OCH3 is 1. The Morgan fingerprint density at radius 2 is 2.18 bits per heavy atom. The fourth-order valence-electron chi connectivity index (χ4n) is 2.30. The molecule has 0 amide bonds. The fourth-order valence-corrected chi connectivity index (χ4v) is 2.49. The lowest BCUT2D eigenvalue weighted by molar-refractivity contribution is -0.142. The number of hydrogen-bond donors (Lipinski definition) is 1. The summed E-state index contributed by atoms with van der Waals surface area (Å²) in [5.74, 6) is 0.600. The fraction of sp³-hybridized carbons (Fsp3) is 0.385. The Hall–Kier alpha value is -1.03. The largest absolute Gasteiger partial charge is 0.458 e. The van der Waals surface area contributed by atoms with Crippen molar-refractivity contribution < 1.29 is 14.3 Å². The van der Waals surface area contributed by atoms with Crippen molar-refractivity contribution in [3.8, 4) is 0 Å². The van der Waals surface area contributed by atoms with Crippen molar-refractivity contribution in [1.82, 2.24) is 0 Å². The Balaban J connectivity index is 1.96. The number of halogens is 1. The zero-order valence-corrected chi connectivity index (χ0v) is 10.2. The van der Waals surface area contributed by atoms with Crippen LogP contribution in [0.1, 0.15) is 18.6 Å². The van der Waals surface area contributed by atoms with Gasteiger partial charge in [-0.15, -0.1) is 0 Å². The van der Waals surface area contributed by atoms with Crippen molar-refractivity contribution in [2.75, 3.05) is 7.11 Å². The zero-order chi connectivity index (χ0) is 12.0. The van der Waals surface area contributed by atoms with E-state index in [1.165, 1.54) is 0 Å². The minimum absolute atomic E-state index is 0.122. The summed E-state index contributed by atoms with van der Waals surface area (Å²) in [6.07, 6.45) is 1.28. The van der Waals surface area contributed by atoms with Crippen LogP contribution in [-0.2, 0) is 10.3 Å². The van der Waals surface area contributed by atoms with E-state index in [0.717, 1.165) is 11.0 Å². The summed E-state index contributed by atoms with van der Waals surface area (Å²) in [4.78, 5) is 0. The second-order valence-corrected chi connectivity index (χ2v) is 5.03. The van der Waals surface area contributed by atoms with Gasteiger partial charge in [-0.05, 0) is 24.3 Å². The summed E-state index contributed by atoms with van der Waals surface area (Å²) in [6, 6.07) is 7.28. The number of fused-ring (bicyclic) bond motifs is 1. The molecule has 0 aliphatic heterocycles. The van der Waals surface area contributed by atoms with Crippen LogP contribution in [0.2, 0.25) is 5.02 Å². The lowest BCUT2D eigenvalue weighted by Crippen LogP contribution is -2.45. The number of ether oxygens (including phenoxy) is 1. The molecule has 0 radical (unpaired) electrons. The first-order valence-electron chi connectivity index (χ1n) is 5.55. The highest BCUT2D eigenvalue weighted by Gasteiger charge is 2.46. The van der Waals surface area contributed by atoms with Gasteiger partial charge in [0.15, 0.2) is 0 Å². The van der Waals surface area contributed by atoms with E-state index < -0.39 is 5.60 Å². The van der Waals surface area contributed by atoms with Crippen LogP contribution in [0.15, 0.2) is 28.7 Å². The van der Waals surface area contributed by atoms with Crippen molar-refractivity contribution in [3.05, 3.63) is 35.0 Å². The summed E-state index contributed by atoms with van der Waals surface area (Å²) in [5, 5.41) is 11.9. The molecule has 1 fully saturated rings. The van der Waals surface area contributed by atoms with E-state index in [1.54, 1.807) is 13.2 Å². The third-order valence-electron chi connectivity index (χ3n) is 3.40. The van der Waals surface area contributed by atoms with Gasteiger partial charge in [0.25, 0.3) is 0 Å². The molecule has 0 bridgehead atoms. The summed E-state index contributed by atoms with van der Waals surface area (Å²) in [6.45, 7) is 0. The average molecular weight is 253 g/mol. The maximum atomic E-state index is 10.3. The van der Waals surface area contributed by atoms with E-state index >= 15 is 0 Å². The van der Waals surface area contributed by atoms with Crippen LogP contribution >= 0.6 is 11.6 Å². The highest BCUT2D eigenvalue weighted by Crippen LogP contribution is 2.44. The summed E-state index contributed by atoms with van der Waals surface area (Å²) in [7, 11) is 1.66. The molecule has 3 rings (SSSR count). The highest BCUT2D eigenvalue weighted by molar-refractivity contribution is 6.31. The predicted octanol–water partition coefficient (Wildman–Crippen LogP) is 3.08. The lowest BCUT2D eigenvalue weighted by atomic mass is 9.76. The first kappa shape index (κ1) is 11.1. The standard InChI is InChI=1S/C13H13ClO3/c1-16-10-6-13(15,7-10)12-5-8-4-9(14)2-3-11(8)17-12/h2-5,10,15H,6-7H2,1H3. The third-order valence-corrected chi connectivity index (χ3v) is 3.64. The van der Waals surface area contributed by atoms with Crippen LogP contribution < -0.4 is 0 Å². The monoisotopic (exact) mass is 252 g/mol. The molecule has 2 aromatic rings. The van der Waals surface area contributed by atoms with Crippen molar-refractivity contribution in [2.24, 2.45) is 0 Å². The molecule has 0 spiro atoms. The van der Waals surface area contributed by atoms with Gasteiger partial charge in [0.2, 0.25) is 0 Å². The van der Waals surface area contributed by atoms with Crippen LogP contribution in [0.3, 0.4) is 0 Å². The quantitative estimate of drug-likeness (QED) is 0.893. The lowest BCUT2D eigenvalue weighted by Gasteiger charge is -2.40. The highest BCUT2D eigenvalue weighted by atomic mass is 35.5. The molecular weight excluding hydrogens is 240 g/mol. The smallest absolute Gasteiger partial charge is 0.137 e. The summed E-state index contributed by atoms with van der Waals surface area (Å²) in [5.41, 5.74) is -0.134. The number of rotatable bonds is 2. The number of aliphatic hydroxyl groups is 1. The second kappa shape index (κ2) is 3.73. The van der Waals surface area contributed by atoms with E-state index in [0.29, 0.717) is 23.6 Å². The molecule has 0 unspecified atom stereocenters. The first-order chi connectivity index (χ1) is 8.10. The van der Waals surface area contributed by atoms with Crippen LogP contribution in [0.5, 0.6) is 0 Å². The van der Waals surface area contributed by atoms with Gasteiger partial charge in [-0.25, -0.2) is 0 Å². The van der Waals surface area contributed by atoms with Crippen molar-refractivity contribution in [1.29, 1.82) is 0 Å². The number of furan rings is 1. The molecule has 17 heavy (non-hydrogen) atoms.